The molecule has 0 aromatic heterocycles. The number of hydrogen-bond donors (Lipinski definition) is 0. The largest absolute Gasteiger partial charge is 0.372 e. The van der Waals surface area contributed by atoms with Crippen LogP contribution in [0.25, 0.3) is 0 Å². The first-order chi connectivity index (χ1) is 11.1. The fraction of sp³-hybridized carbons (Fsp3) is 0.571. The second-order valence-electron chi connectivity index (χ2n) is 8.77. The molecular formula is C21H32O2Si. The maximum Gasteiger partial charge on any atom is 0.158 e. The minimum Gasteiger partial charge on any atom is -0.372 e. The zero-order chi connectivity index (χ0) is 18.0. The van der Waals surface area contributed by atoms with Gasteiger partial charge in [-0.1, -0.05) is 75.8 Å². The molecular weight excluding hydrogens is 312 g/mol. The maximum atomic E-state index is 12.0. The van der Waals surface area contributed by atoms with Gasteiger partial charge in [-0.25, -0.2) is 0 Å². The van der Waals surface area contributed by atoms with E-state index in [2.05, 4.69) is 64.7 Å². The summed E-state index contributed by atoms with van der Waals surface area (Å²) in [6, 6.07) is 10.0. The van der Waals surface area contributed by atoms with Crippen molar-refractivity contribution in [3.8, 4) is 0 Å². The summed E-state index contributed by atoms with van der Waals surface area (Å²) in [6.07, 6.45) is 3.19. The van der Waals surface area contributed by atoms with Crippen LogP contribution in [0.2, 0.25) is 19.6 Å². The van der Waals surface area contributed by atoms with E-state index in [9.17, 15) is 4.79 Å². The molecule has 132 valence electrons. The molecule has 0 heterocycles. The number of rotatable bonds is 6. The fourth-order valence-corrected chi connectivity index (χ4v) is 4.93. The Hall–Kier alpha value is -1.19. The van der Waals surface area contributed by atoms with Gasteiger partial charge < -0.3 is 4.74 Å². The third kappa shape index (κ3) is 4.90. The smallest absolute Gasteiger partial charge is 0.158 e. The highest BCUT2D eigenvalue weighted by Gasteiger charge is 2.38. The Morgan fingerprint density at radius 2 is 1.71 bits per heavy atom. The highest BCUT2D eigenvalue weighted by molar-refractivity contribution is 6.75. The summed E-state index contributed by atoms with van der Waals surface area (Å²) < 4.78 is 6.17. The topological polar surface area (TPSA) is 26.3 Å². The first kappa shape index (κ1) is 19.1. The Labute approximate surface area is 148 Å². The van der Waals surface area contributed by atoms with Crippen molar-refractivity contribution in [2.24, 2.45) is 5.41 Å². The predicted octanol–water partition coefficient (Wildman–Crippen LogP) is 5.33. The number of ketones is 1. The van der Waals surface area contributed by atoms with Crippen LogP contribution < -0.4 is 0 Å². The average molecular weight is 345 g/mol. The van der Waals surface area contributed by atoms with Gasteiger partial charge in [-0.3, -0.25) is 4.79 Å². The van der Waals surface area contributed by atoms with Crippen LogP contribution in [0.1, 0.15) is 44.7 Å². The van der Waals surface area contributed by atoms with Crippen LogP contribution in [-0.2, 0) is 22.2 Å². The van der Waals surface area contributed by atoms with Gasteiger partial charge in [0.05, 0.1) is 12.7 Å². The summed E-state index contributed by atoms with van der Waals surface area (Å²) >= 11 is 0. The molecule has 0 spiro atoms. The van der Waals surface area contributed by atoms with E-state index in [-0.39, 0.29) is 17.3 Å². The van der Waals surface area contributed by atoms with E-state index < -0.39 is 8.07 Å². The molecule has 0 bridgehead atoms. The SMILES string of the molecule is CCC1=CC(=O)CC(OCc2ccc(C[Si](C)(C)C)cc2)C1(C)C. The number of carbonyl (C=O) groups excluding carboxylic acids is 1. The average Bonchev–Trinajstić information content (AvgIpc) is 2.47. The molecule has 3 heteroatoms. The Morgan fingerprint density at radius 1 is 1.12 bits per heavy atom. The monoisotopic (exact) mass is 344 g/mol. The lowest BCUT2D eigenvalue weighted by molar-refractivity contribution is -0.122. The van der Waals surface area contributed by atoms with Crippen LogP contribution in [0.5, 0.6) is 0 Å². The van der Waals surface area contributed by atoms with Crippen LogP contribution in [0.3, 0.4) is 0 Å². The van der Waals surface area contributed by atoms with Gasteiger partial charge in [0.25, 0.3) is 0 Å². The van der Waals surface area contributed by atoms with E-state index in [1.54, 1.807) is 0 Å². The van der Waals surface area contributed by atoms with E-state index in [0.717, 1.165) is 6.42 Å². The molecule has 0 radical (unpaired) electrons. The van der Waals surface area contributed by atoms with Crippen molar-refractivity contribution in [2.45, 2.75) is 72.0 Å². The zero-order valence-electron chi connectivity index (χ0n) is 16.1. The third-order valence-electron chi connectivity index (χ3n) is 4.94. The molecule has 1 unspecified atom stereocenters. The van der Waals surface area contributed by atoms with E-state index in [4.69, 9.17) is 4.74 Å². The molecule has 1 atom stereocenters. The van der Waals surface area contributed by atoms with Crippen molar-refractivity contribution in [1.82, 2.24) is 0 Å². The Bertz CT molecular complexity index is 606. The molecule has 0 aliphatic heterocycles. The second-order valence-corrected chi connectivity index (χ2v) is 14.2. The molecule has 2 rings (SSSR count). The summed E-state index contributed by atoms with van der Waals surface area (Å²) in [5.74, 6) is 0.196. The summed E-state index contributed by atoms with van der Waals surface area (Å²) in [7, 11) is -1.07. The molecule has 0 fully saturated rings. The van der Waals surface area contributed by atoms with Gasteiger partial charge in [0.2, 0.25) is 0 Å². The first-order valence-electron chi connectivity index (χ1n) is 9.05. The standard InChI is InChI=1S/C21H32O2Si/c1-7-18-12-19(22)13-20(21(18,2)3)23-14-16-8-10-17(11-9-16)15-24(4,5)6/h8-12,20H,7,13-15H2,1-6H3. The summed E-state index contributed by atoms with van der Waals surface area (Å²) in [5.41, 5.74) is 3.74. The van der Waals surface area contributed by atoms with Crippen LogP contribution in [0.4, 0.5) is 0 Å². The first-order valence-corrected chi connectivity index (χ1v) is 12.8. The summed E-state index contributed by atoms with van der Waals surface area (Å²) in [4.78, 5) is 12.0. The van der Waals surface area contributed by atoms with Gasteiger partial charge in [0.15, 0.2) is 5.78 Å². The summed E-state index contributed by atoms with van der Waals surface area (Å²) in [5, 5.41) is 0. The van der Waals surface area contributed by atoms with Gasteiger partial charge in [-0.05, 0) is 24.1 Å². The van der Waals surface area contributed by atoms with Gasteiger partial charge in [0, 0.05) is 19.9 Å². The molecule has 1 aromatic rings. The highest BCUT2D eigenvalue weighted by atomic mass is 28.3. The van der Waals surface area contributed by atoms with Crippen molar-refractivity contribution >= 4 is 13.9 Å². The van der Waals surface area contributed by atoms with Crippen molar-refractivity contribution in [2.75, 3.05) is 0 Å². The molecule has 2 nitrogen and oxygen atoms in total. The van der Waals surface area contributed by atoms with Crippen LogP contribution in [0.15, 0.2) is 35.9 Å². The van der Waals surface area contributed by atoms with Crippen molar-refractivity contribution in [3.63, 3.8) is 0 Å². The lowest BCUT2D eigenvalue weighted by Crippen LogP contribution is -2.38. The molecule has 1 aliphatic carbocycles. The normalized spacial score (nSPS) is 20.8. The number of carbonyl (C=O) groups is 1. The molecule has 0 saturated carbocycles. The molecule has 1 aliphatic rings. The number of ether oxygens (including phenoxy) is 1. The zero-order valence-corrected chi connectivity index (χ0v) is 17.1. The third-order valence-corrected chi connectivity index (χ3v) is 6.41. The van der Waals surface area contributed by atoms with E-state index >= 15 is 0 Å². The second kappa shape index (κ2) is 7.36. The quantitative estimate of drug-likeness (QED) is 0.652. The lowest BCUT2D eigenvalue weighted by atomic mass is 9.72. The van der Waals surface area contributed by atoms with Crippen LogP contribution >= 0.6 is 0 Å². The molecule has 1 aromatic carbocycles. The molecule has 24 heavy (non-hydrogen) atoms. The Morgan fingerprint density at radius 3 is 2.25 bits per heavy atom. The number of hydrogen-bond acceptors (Lipinski definition) is 2. The van der Waals surface area contributed by atoms with Crippen LogP contribution in [-0.4, -0.2) is 20.0 Å². The predicted molar refractivity (Wildman–Crippen MR) is 104 cm³/mol. The number of allylic oxidation sites excluding steroid dienone is 1. The van der Waals surface area contributed by atoms with Gasteiger partial charge in [-0.15, -0.1) is 0 Å². The van der Waals surface area contributed by atoms with Crippen molar-refractivity contribution in [1.29, 1.82) is 0 Å². The molecule has 0 saturated heterocycles. The van der Waals surface area contributed by atoms with E-state index in [0.29, 0.717) is 13.0 Å². The molecule has 0 N–H and O–H groups in total. The van der Waals surface area contributed by atoms with E-state index in [1.165, 1.54) is 22.7 Å². The van der Waals surface area contributed by atoms with Crippen molar-refractivity contribution < 1.29 is 9.53 Å². The van der Waals surface area contributed by atoms with Gasteiger partial charge >= 0.3 is 0 Å². The summed E-state index contributed by atoms with van der Waals surface area (Å²) in [6.45, 7) is 14.3. The van der Waals surface area contributed by atoms with Gasteiger partial charge in [-0.2, -0.15) is 0 Å². The van der Waals surface area contributed by atoms with E-state index in [1.807, 2.05) is 6.08 Å². The highest BCUT2D eigenvalue weighted by Crippen LogP contribution is 2.39. The minimum absolute atomic E-state index is 0.0355. The fourth-order valence-electron chi connectivity index (χ4n) is 3.47. The molecule has 0 amide bonds. The van der Waals surface area contributed by atoms with Gasteiger partial charge in [0.1, 0.15) is 0 Å². The lowest BCUT2D eigenvalue weighted by Gasteiger charge is -2.38. The Balaban J connectivity index is 2.00. The van der Waals surface area contributed by atoms with Crippen molar-refractivity contribution in [3.05, 3.63) is 47.0 Å². The Kier molecular flexibility index (Phi) is 5.87. The minimum atomic E-state index is -1.07. The number of benzene rings is 1. The van der Waals surface area contributed by atoms with Crippen LogP contribution in [0, 0.1) is 5.41 Å². The maximum absolute atomic E-state index is 12.0.